The molecule has 1 aliphatic heterocycles. The van der Waals surface area contributed by atoms with E-state index in [0.717, 1.165) is 35.1 Å². The van der Waals surface area contributed by atoms with Gasteiger partial charge in [0, 0.05) is 23.6 Å². The Morgan fingerprint density at radius 1 is 1.12 bits per heavy atom. The van der Waals surface area contributed by atoms with Crippen LogP contribution < -0.4 is 0 Å². The molecule has 5 heteroatoms. The van der Waals surface area contributed by atoms with Crippen molar-refractivity contribution in [1.29, 1.82) is 0 Å². The first-order valence-electron chi connectivity index (χ1n) is 8.50. The van der Waals surface area contributed by atoms with Gasteiger partial charge in [-0.25, -0.2) is 0 Å². The van der Waals surface area contributed by atoms with Gasteiger partial charge < -0.3 is 4.57 Å². The number of aromatic nitrogens is 1. The number of amides is 2. The SMILES string of the molecule is CCc1ccccc1-n1c(C)cc(/C=C2\SC(=O)N(CC)C2=O)c1C. The summed E-state index contributed by atoms with van der Waals surface area (Å²) in [7, 11) is 0. The number of rotatable bonds is 4. The van der Waals surface area contributed by atoms with E-state index in [4.69, 9.17) is 0 Å². The van der Waals surface area contributed by atoms with E-state index in [1.165, 1.54) is 16.2 Å². The lowest BCUT2D eigenvalue weighted by molar-refractivity contribution is -0.122. The number of nitrogens with zero attached hydrogens (tertiary/aromatic N) is 2. The largest absolute Gasteiger partial charge is 0.318 e. The summed E-state index contributed by atoms with van der Waals surface area (Å²) < 4.78 is 2.22. The van der Waals surface area contributed by atoms with Crippen LogP contribution in [0.25, 0.3) is 11.8 Å². The third kappa shape index (κ3) is 3.04. The normalized spacial score (nSPS) is 16.3. The molecule has 0 aliphatic carbocycles. The van der Waals surface area contributed by atoms with Gasteiger partial charge in [-0.1, -0.05) is 25.1 Å². The first-order chi connectivity index (χ1) is 12.0. The van der Waals surface area contributed by atoms with Crippen LogP contribution in [0.3, 0.4) is 0 Å². The van der Waals surface area contributed by atoms with Crippen LogP contribution in [0, 0.1) is 13.8 Å². The van der Waals surface area contributed by atoms with Gasteiger partial charge in [0.05, 0.1) is 4.91 Å². The summed E-state index contributed by atoms with van der Waals surface area (Å²) in [6.07, 6.45) is 2.80. The Morgan fingerprint density at radius 3 is 2.48 bits per heavy atom. The number of thioether (sulfide) groups is 1. The molecular formula is C20H22N2O2S. The van der Waals surface area contributed by atoms with E-state index >= 15 is 0 Å². The molecule has 1 aliphatic rings. The molecule has 1 fully saturated rings. The van der Waals surface area contributed by atoms with Gasteiger partial charge in [-0.05, 0) is 68.3 Å². The molecule has 2 amide bonds. The van der Waals surface area contributed by atoms with Crippen LogP contribution in [0.5, 0.6) is 0 Å². The molecule has 0 radical (unpaired) electrons. The van der Waals surface area contributed by atoms with Crippen LogP contribution in [0.1, 0.15) is 36.4 Å². The summed E-state index contributed by atoms with van der Waals surface area (Å²) in [5.74, 6) is -0.198. The number of carbonyl (C=O) groups excluding carboxylic acids is 2. The van der Waals surface area contributed by atoms with E-state index in [0.29, 0.717) is 11.4 Å². The number of likely N-dealkylation sites (N-methyl/N-ethyl adjacent to an activating group) is 1. The van der Waals surface area contributed by atoms with Gasteiger partial charge in [-0.2, -0.15) is 0 Å². The predicted octanol–water partition coefficient (Wildman–Crippen LogP) is 4.71. The predicted molar refractivity (Wildman–Crippen MR) is 103 cm³/mol. The van der Waals surface area contributed by atoms with Crippen molar-refractivity contribution in [3.8, 4) is 5.69 Å². The molecule has 4 nitrogen and oxygen atoms in total. The maximum atomic E-state index is 12.3. The quantitative estimate of drug-likeness (QED) is 0.747. The number of benzene rings is 1. The fraction of sp³-hybridized carbons (Fsp3) is 0.300. The van der Waals surface area contributed by atoms with E-state index in [1.807, 2.05) is 19.1 Å². The zero-order valence-corrected chi connectivity index (χ0v) is 15.8. The average Bonchev–Trinajstić information content (AvgIpc) is 3.03. The van der Waals surface area contributed by atoms with Crippen molar-refractivity contribution in [3.05, 3.63) is 57.8 Å². The lowest BCUT2D eigenvalue weighted by Gasteiger charge is -2.14. The van der Waals surface area contributed by atoms with Crippen molar-refractivity contribution in [2.24, 2.45) is 0 Å². The molecule has 0 atom stereocenters. The van der Waals surface area contributed by atoms with Crippen molar-refractivity contribution in [2.75, 3.05) is 6.54 Å². The standard InChI is InChI=1S/C20H22N2O2S/c1-5-15-9-7-8-10-17(15)22-13(3)11-16(14(22)4)12-18-19(23)21(6-2)20(24)25-18/h7-12H,5-6H2,1-4H3/b18-12-. The smallest absolute Gasteiger partial charge is 0.293 e. The first-order valence-corrected chi connectivity index (χ1v) is 9.32. The summed E-state index contributed by atoms with van der Waals surface area (Å²) in [6.45, 7) is 8.48. The van der Waals surface area contributed by atoms with Crippen molar-refractivity contribution in [3.63, 3.8) is 0 Å². The maximum Gasteiger partial charge on any atom is 0.293 e. The minimum absolute atomic E-state index is 0.191. The monoisotopic (exact) mass is 354 g/mol. The van der Waals surface area contributed by atoms with Gasteiger partial charge in [-0.3, -0.25) is 14.5 Å². The van der Waals surface area contributed by atoms with Crippen LogP contribution in [0.4, 0.5) is 4.79 Å². The minimum atomic E-state index is -0.198. The third-order valence-corrected chi connectivity index (χ3v) is 5.47. The van der Waals surface area contributed by atoms with E-state index in [2.05, 4.69) is 49.6 Å². The highest BCUT2D eigenvalue weighted by atomic mass is 32.2. The highest BCUT2D eigenvalue weighted by Crippen LogP contribution is 2.33. The number of hydrogen-bond donors (Lipinski definition) is 0. The van der Waals surface area contributed by atoms with Gasteiger partial charge in [0.25, 0.3) is 11.1 Å². The molecule has 1 aromatic carbocycles. The second kappa shape index (κ2) is 6.92. The third-order valence-electron chi connectivity index (χ3n) is 4.56. The van der Waals surface area contributed by atoms with Crippen molar-refractivity contribution < 1.29 is 9.59 Å². The molecule has 1 saturated heterocycles. The zero-order chi connectivity index (χ0) is 18.1. The Balaban J connectivity index is 2.06. The summed E-state index contributed by atoms with van der Waals surface area (Å²) in [6, 6.07) is 10.4. The van der Waals surface area contributed by atoms with E-state index in [1.54, 1.807) is 0 Å². The van der Waals surface area contributed by atoms with Crippen molar-refractivity contribution in [2.45, 2.75) is 34.1 Å². The summed E-state index contributed by atoms with van der Waals surface area (Å²) in [5, 5.41) is -0.191. The number of carbonyl (C=O) groups is 2. The van der Waals surface area contributed by atoms with Crippen LogP contribution >= 0.6 is 11.8 Å². The Bertz CT molecular complexity index is 880. The number of para-hydroxylation sites is 1. The minimum Gasteiger partial charge on any atom is -0.318 e. The Labute approximate surface area is 152 Å². The average molecular weight is 354 g/mol. The lowest BCUT2D eigenvalue weighted by atomic mass is 10.1. The fourth-order valence-corrected chi connectivity index (χ4v) is 4.14. The van der Waals surface area contributed by atoms with Gasteiger partial charge in [0.15, 0.2) is 0 Å². The number of hydrogen-bond acceptors (Lipinski definition) is 3. The van der Waals surface area contributed by atoms with Crippen LogP contribution in [0.15, 0.2) is 35.2 Å². The van der Waals surface area contributed by atoms with Gasteiger partial charge >= 0.3 is 0 Å². The molecule has 0 bridgehead atoms. The summed E-state index contributed by atoms with van der Waals surface area (Å²) in [5.41, 5.74) is 5.61. The van der Waals surface area contributed by atoms with Crippen molar-refractivity contribution >= 4 is 29.0 Å². The Kier molecular flexibility index (Phi) is 4.86. The highest BCUT2D eigenvalue weighted by Gasteiger charge is 2.33. The van der Waals surface area contributed by atoms with E-state index < -0.39 is 0 Å². The molecule has 0 unspecified atom stereocenters. The molecule has 2 aromatic rings. The molecule has 25 heavy (non-hydrogen) atoms. The zero-order valence-electron chi connectivity index (χ0n) is 15.0. The van der Waals surface area contributed by atoms with Crippen LogP contribution in [-0.2, 0) is 11.2 Å². The van der Waals surface area contributed by atoms with E-state index in [-0.39, 0.29) is 11.1 Å². The Hall–Kier alpha value is -2.27. The number of aryl methyl sites for hydroxylation is 2. The Morgan fingerprint density at radius 2 is 1.84 bits per heavy atom. The van der Waals surface area contributed by atoms with Crippen LogP contribution in [-0.4, -0.2) is 27.2 Å². The first kappa shape index (κ1) is 17.5. The van der Waals surface area contributed by atoms with E-state index in [9.17, 15) is 9.59 Å². The fourth-order valence-electron chi connectivity index (χ4n) is 3.25. The molecule has 3 rings (SSSR count). The lowest BCUT2D eigenvalue weighted by Crippen LogP contribution is -2.27. The molecule has 130 valence electrons. The highest BCUT2D eigenvalue weighted by molar-refractivity contribution is 8.18. The van der Waals surface area contributed by atoms with Gasteiger partial charge in [-0.15, -0.1) is 0 Å². The molecule has 1 aromatic heterocycles. The molecule has 0 saturated carbocycles. The van der Waals surface area contributed by atoms with Crippen LogP contribution in [0.2, 0.25) is 0 Å². The molecule has 0 spiro atoms. The molecule has 2 heterocycles. The van der Waals surface area contributed by atoms with Gasteiger partial charge in [0.1, 0.15) is 0 Å². The summed E-state index contributed by atoms with van der Waals surface area (Å²) >= 11 is 1.02. The van der Waals surface area contributed by atoms with Crippen molar-refractivity contribution in [1.82, 2.24) is 9.47 Å². The summed E-state index contributed by atoms with van der Waals surface area (Å²) in [4.78, 5) is 26.0. The second-order valence-electron chi connectivity index (χ2n) is 6.07. The topological polar surface area (TPSA) is 42.3 Å². The number of imide groups is 1. The second-order valence-corrected chi connectivity index (χ2v) is 7.06. The van der Waals surface area contributed by atoms with Gasteiger partial charge in [0.2, 0.25) is 0 Å². The maximum absolute atomic E-state index is 12.3. The molecular weight excluding hydrogens is 332 g/mol. The molecule has 0 N–H and O–H groups in total.